The van der Waals surface area contributed by atoms with E-state index < -0.39 is 18.6 Å². The lowest BCUT2D eigenvalue weighted by Crippen LogP contribution is -2.43. The van der Waals surface area contributed by atoms with Gasteiger partial charge in [0.15, 0.2) is 0 Å². The third-order valence-electron chi connectivity index (χ3n) is 8.00. The first-order valence-corrected chi connectivity index (χ1v) is 12.7. The zero-order valence-electron chi connectivity index (χ0n) is 20.3. The molecule has 192 valence electrons. The van der Waals surface area contributed by atoms with Gasteiger partial charge in [0.2, 0.25) is 11.8 Å². The van der Waals surface area contributed by atoms with Crippen LogP contribution < -0.4 is 10.1 Å². The van der Waals surface area contributed by atoms with E-state index in [0.29, 0.717) is 41.7 Å². The van der Waals surface area contributed by atoms with Crippen molar-refractivity contribution in [3.63, 3.8) is 0 Å². The lowest BCUT2D eigenvalue weighted by molar-refractivity contribution is -0.136. The summed E-state index contributed by atoms with van der Waals surface area (Å²) in [7, 11) is 2.18. The maximum absolute atomic E-state index is 12.8. The van der Waals surface area contributed by atoms with Crippen molar-refractivity contribution in [2.24, 2.45) is 0 Å². The van der Waals surface area contributed by atoms with Gasteiger partial charge in [-0.1, -0.05) is 0 Å². The minimum absolute atomic E-state index is 0.0692. The highest BCUT2D eigenvalue weighted by Crippen LogP contribution is 2.40. The van der Waals surface area contributed by atoms with Gasteiger partial charge in [-0.3, -0.25) is 0 Å². The third-order valence-corrected chi connectivity index (χ3v) is 8.00. The van der Waals surface area contributed by atoms with Crippen LogP contribution in [0.4, 0.5) is 19.1 Å². The second kappa shape index (κ2) is 9.69. The van der Waals surface area contributed by atoms with Crippen molar-refractivity contribution >= 4 is 16.9 Å². The first kappa shape index (κ1) is 24.5. The Morgan fingerprint density at radius 2 is 1.77 bits per heavy atom. The SMILES string of the molecule is C[C@@H](CC(F)(F)F)Nc1ncc2c(OC3C[C@H]4CC[C@@H](C3)N4C)ncc([C@H]3CC[C@H](O)CC3)c2n1. The molecule has 2 bridgehead atoms. The quantitative estimate of drug-likeness (QED) is 0.598. The Balaban J connectivity index is 1.44. The molecule has 4 heterocycles. The number of anilines is 1. The number of pyridine rings is 1. The number of halogens is 3. The number of hydrogen-bond donors (Lipinski definition) is 2. The summed E-state index contributed by atoms with van der Waals surface area (Å²) in [6.07, 6.45) is 5.30. The summed E-state index contributed by atoms with van der Waals surface area (Å²) in [6.45, 7) is 1.47. The highest BCUT2D eigenvalue weighted by Gasteiger charge is 2.39. The number of nitrogens with zero attached hydrogens (tertiary/aromatic N) is 4. The predicted octanol–water partition coefficient (Wildman–Crippen LogP) is 4.80. The molecule has 10 heteroatoms. The van der Waals surface area contributed by atoms with Gasteiger partial charge in [-0.15, -0.1) is 0 Å². The van der Waals surface area contributed by atoms with E-state index in [1.165, 1.54) is 19.8 Å². The summed E-state index contributed by atoms with van der Waals surface area (Å²) in [4.78, 5) is 16.1. The van der Waals surface area contributed by atoms with Gasteiger partial charge < -0.3 is 20.1 Å². The Morgan fingerprint density at radius 1 is 1.09 bits per heavy atom. The van der Waals surface area contributed by atoms with E-state index >= 15 is 0 Å². The Hall–Kier alpha value is -2.20. The molecule has 7 nitrogen and oxygen atoms in total. The van der Waals surface area contributed by atoms with Crippen LogP contribution >= 0.6 is 0 Å². The molecule has 0 aromatic carbocycles. The molecule has 1 unspecified atom stereocenters. The number of ether oxygens (including phenoxy) is 1. The smallest absolute Gasteiger partial charge is 0.391 e. The molecule has 0 radical (unpaired) electrons. The van der Waals surface area contributed by atoms with Crippen LogP contribution in [0.5, 0.6) is 5.88 Å². The number of rotatable bonds is 6. The topological polar surface area (TPSA) is 83.4 Å². The molecule has 0 amide bonds. The molecule has 2 saturated heterocycles. The van der Waals surface area contributed by atoms with Crippen LogP contribution in [0.1, 0.15) is 76.2 Å². The molecule has 3 aliphatic rings. The molecule has 2 N–H and O–H groups in total. The molecule has 2 aromatic heterocycles. The van der Waals surface area contributed by atoms with Crippen LogP contribution in [-0.4, -0.2) is 68.5 Å². The summed E-state index contributed by atoms with van der Waals surface area (Å²) in [5.74, 6) is 0.834. The number of fused-ring (bicyclic) bond motifs is 3. The normalized spacial score (nSPS) is 30.4. The van der Waals surface area contributed by atoms with Crippen LogP contribution in [0.15, 0.2) is 12.4 Å². The maximum Gasteiger partial charge on any atom is 0.391 e. The molecule has 5 rings (SSSR count). The number of piperidine rings is 1. The van der Waals surface area contributed by atoms with Gasteiger partial charge in [-0.2, -0.15) is 13.2 Å². The van der Waals surface area contributed by atoms with E-state index in [0.717, 1.165) is 31.2 Å². The van der Waals surface area contributed by atoms with Crippen molar-refractivity contribution in [2.45, 2.75) is 107 Å². The highest BCUT2D eigenvalue weighted by atomic mass is 19.4. The molecular weight excluding hydrogens is 459 g/mol. The summed E-state index contributed by atoms with van der Waals surface area (Å²) in [6, 6.07) is 0.202. The summed E-state index contributed by atoms with van der Waals surface area (Å²) >= 11 is 0. The second-order valence-electron chi connectivity index (χ2n) is 10.6. The number of aliphatic hydroxyl groups is 1. The van der Waals surface area contributed by atoms with Crippen molar-refractivity contribution in [1.29, 1.82) is 0 Å². The molecule has 2 aromatic rings. The zero-order valence-corrected chi connectivity index (χ0v) is 20.3. The van der Waals surface area contributed by atoms with E-state index in [-0.39, 0.29) is 24.1 Å². The van der Waals surface area contributed by atoms with Crippen LogP contribution in [0.3, 0.4) is 0 Å². The van der Waals surface area contributed by atoms with Crippen molar-refractivity contribution < 1.29 is 23.0 Å². The first-order chi connectivity index (χ1) is 16.7. The van der Waals surface area contributed by atoms with E-state index in [1.807, 2.05) is 0 Å². The number of alkyl halides is 3. The fourth-order valence-electron chi connectivity index (χ4n) is 6.10. The fraction of sp³-hybridized carbons (Fsp3) is 0.720. The molecule has 35 heavy (non-hydrogen) atoms. The van der Waals surface area contributed by atoms with Crippen LogP contribution in [-0.2, 0) is 0 Å². The first-order valence-electron chi connectivity index (χ1n) is 12.7. The maximum atomic E-state index is 12.8. The number of aromatic nitrogens is 3. The molecule has 0 spiro atoms. The monoisotopic (exact) mass is 493 g/mol. The molecule has 1 saturated carbocycles. The van der Waals surface area contributed by atoms with Gasteiger partial charge in [0, 0.05) is 36.1 Å². The minimum Gasteiger partial charge on any atom is -0.474 e. The molecular formula is C25H34F3N5O2. The molecule has 2 aliphatic heterocycles. The zero-order chi connectivity index (χ0) is 24.7. The molecule has 3 fully saturated rings. The van der Waals surface area contributed by atoms with Crippen LogP contribution in [0.25, 0.3) is 10.9 Å². The lowest BCUT2D eigenvalue weighted by atomic mass is 9.83. The van der Waals surface area contributed by atoms with Gasteiger partial charge >= 0.3 is 6.18 Å². The Labute approximate surface area is 203 Å². The van der Waals surface area contributed by atoms with Crippen molar-refractivity contribution in [1.82, 2.24) is 19.9 Å². The average Bonchev–Trinajstić information content (AvgIpc) is 2.99. The summed E-state index contributed by atoms with van der Waals surface area (Å²) < 4.78 is 44.9. The van der Waals surface area contributed by atoms with E-state index in [4.69, 9.17) is 4.74 Å². The largest absolute Gasteiger partial charge is 0.474 e. The van der Waals surface area contributed by atoms with Gasteiger partial charge in [0.05, 0.1) is 23.4 Å². The van der Waals surface area contributed by atoms with E-state index in [1.54, 1.807) is 12.4 Å². The van der Waals surface area contributed by atoms with Gasteiger partial charge in [-0.25, -0.2) is 15.0 Å². The number of aliphatic hydroxyl groups excluding tert-OH is 1. The van der Waals surface area contributed by atoms with E-state index in [9.17, 15) is 18.3 Å². The average molecular weight is 494 g/mol. The summed E-state index contributed by atoms with van der Waals surface area (Å²) in [5.41, 5.74) is 1.61. The molecule has 1 aliphatic carbocycles. The van der Waals surface area contributed by atoms with Crippen molar-refractivity contribution in [3.8, 4) is 5.88 Å². The van der Waals surface area contributed by atoms with Gasteiger partial charge in [0.1, 0.15) is 6.10 Å². The van der Waals surface area contributed by atoms with Crippen molar-refractivity contribution in [3.05, 3.63) is 18.0 Å². The predicted molar refractivity (Wildman–Crippen MR) is 127 cm³/mol. The highest BCUT2D eigenvalue weighted by molar-refractivity contribution is 5.86. The van der Waals surface area contributed by atoms with Crippen LogP contribution in [0.2, 0.25) is 0 Å². The van der Waals surface area contributed by atoms with Gasteiger partial charge in [0.25, 0.3) is 0 Å². The minimum atomic E-state index is -4.27. The Bertz CT molecular complexity index is 1030. The Morgan fingerprint density at radius 3 is 2.43 bits per heavy atom. The lowest BCUT2D eigenvalue weighted by Gasteiger charge is -2.36. The number of hydrogen-bond acceptors (Lipinski definition) is 7. The standard InChI is InChI=1S/C25H34F3N5O2/c1-14(11-25(26,27)28)31-24-30-13-21-22(32-24)20(15-3-7-18(34)8-4-15)12-29-23(21)35-19-9-16-5-6-17(10-19)33(16)2/h12-19,34H,3-11H2,1-2H3,(H,30,31,32)/t14-,15-,16-,17+,18-,19?/m0/s1. The molecule has 4 atom stereocenters. The second-order valence-corrected chi connectivity index (χ2v) is 10.6. The van der Waals surface area contributed by atoms with Crippen molar-refractivity contribution in [2.75, 3.05) is 12.4 Å². The van der Waals surface area contributed by atoms with Crippen LogP contribution in [0, 0.1) is 0 Å². The fourth-order valence-corrected chi connectivity index (χ4v) is 6.10. The van der Waals surface area contributed by atoms with Gasteiger partial charge in [-0.05, 0) is 71.3 Å². The Kier molecular flexibility index (Phi) is 6.78. The number of nitrogens with one attached hydrogen (secondary N) is 1. The summed E-state index contributed by atoms with van der Waals surface area (Å²) in [5, 5.41) is 13.4. The third kappa shape index (κ3) is 5.48. The van der Waals surface area contributed by atoms with E-state index in [2.05, 4.69) is 32.2 Å².